The van der Waals surface area contributed by atoms with E-state index >= 15 is 0 Å². The predicted molar refractivity (Wildman–Crippen MR) is 74.9 cm³/mol. The van der Waals surface area contributed by atoms with Crippen LogP contribution < -0.4 is 4.72 Å². The van der Waals surface area contributed by atoms with Gasteiger partial charge in [-0.25, -0.2) is 13.1 Å². The monoisotopic (exact) mass is 314 g/mol. The molecule has 0 amide bonds. The maximum atomic E-state index is 12.2. The number of nitrogens with one attached hydrogen (secondary N) is 1. The fraction of sp³-hybridized carbons (Fsp3) is 0.462. The van der Waals surface area contributed by atoms with Crippen LogP contribution in [0.5, 0.6) is 0 Å². The van der Waals surface area contributed by atoms with Crippen molar-refractivity contribution in [1.82, 2.24) is 4.72 Å². The molecule has 1 aromatic carbocycles. The van der Waals surface area contributed by atoms with Crippen LogP contribution in [0.3, 0.4) is 0 Å². The van der Waals surface area contributed by atoms with E-state index in [0.717, 1.165) is 12.8 Å². The highest BCUT2D eigenvalue weighted by Crippen LogP contribution is 2.22. The van der Waals surface area contributed by atoms with Crippen molar-refractivity contribution in [2.75, 3.05) is 6.61 Å². The highest BCUT2D eigenvalue weighted by molar-refractivity contribution is 7.89. The standard InChI is InChI=1S/C13H15ClN2O3S/c1-9(13-3-2-6-19-13)16-20(17,18)11-5-4-10(8-15)12(14)7-11/h4-5,7,9,13,16H,2-3,6H2,1H3/t9-,13+/m1/s1. The van der Waals surface area contributed by atoms with Crippen LogP contribution in [0, 0.1) is 11.3 Å². The third-order valence-electron chi connectivity index (χ3n) is 3.23. The lowest BCUT2D eigenvalue weighted by Crippen LogP contribution is -2.40. The third-order valence-corrected chi connectivity index (χ3v) is 5.10. The lowest BCUT2D eigenvalue weighted by atomic mass is 10.1. The molecule has 1 aromatic rings. The zero-order valence-corrected chi connectivity index (χ0v) is 12.5. The minimum absolute atomic E-state index is 0.0475. The number of hydrogen-bond acceptors (Lipinski definition) is 4. The van der Waals surface area contributed by atoms with Crippen molar-refractivity contribution in [1.29, 1.82) is 5.26 Å². The van der Waals surface area contributed by atoms with E-state index in [9.17, 15) is 8.42 Å². The molecule has 20 heavy (non-hydrogen) atoms. The number of halogens is 1. The first-order valence-electron chi connectivity index (χ1n) is 6.27. The number of rotatable bonds is 4. The van der Waals surface area contributed by atoms with Crippen molar-refractivity contribution in [2.24, 2.45) is 0 Å². The average molecular weight is 315 g/mol. The van der Waals surface area contributed by atoms with Gasteiger partial charge in [-0.1, -0.05) is 11.6 Å². The van der Waals surface area contributed by atoms with Crippen molar-refractivity contribution < 1.29 is 13.2 Å². The summed E-state index contributed by atoms with van der Waals surface area (Å²) in [5, 5.41) is 8.91. The van der Waals surface area contributed by atoms with Gasteiger partial charge in [0.1, 0.15) is 6.07 Å². The van der Waals surface area contributed by atoms with Gasteiger partial charge in [0, 0.05) is 12.6 Å². The van der Waals surface area contributed by atoms with Crippen LogP contribution in [0.25, 0.3) is 0 Å². The molecule has 0 aliphatic carbocycles. The van der Waals surface area contributed by atoms with Crippen LogP contribution in [-0.4, -0.2) is 27.2 Å². The lowest BCUT2D eigenvalue weighted by Gasteiger charge is -2.20. The van der Waals surface area contributed by atoms with Crippen LogP contribution in [-0.2, 0) is 14.8 Å². The minimum atomic E-state index is -3.67. The summed E-state index contributed by atoms with van der Waals surface area (Å²) < 4.78 is 32.5. The lowest BCUT2D eigenvalue weighted by molar-refractivity contribution is 0.0902. The molecule has 108 valence electrons. The third kappa shape index (κ3) is 3.30. The normalized spacial score (nSPS) is 20.6. The van der Waals surface area contributed by atoms with E-state index in [1.54, 1.807) is 6.92 Å². The summed E-state index contributed by atoms with van der Waals surface area (Å²) in [6.07, 6.45) is 1.69. The van der Waals surface area contributed by atoms with Crippen molar-refractivity contribution in [2.45, 2.75) is 36.8 Å². The molecule has 0 bridgehead atoms. The smallest absolute Gasteiger partial charge is 0.240 e. The fourth-order valence-corrected chi connectivity index (χ4v) is 3.72. The SMILES string of the molecule is C[C@@H](NS(=O)(=O)c1ccc(C#N)c(Cl)c1)[C@@H]1CCCO1. The molecule has 0 saturated carbocycles. The van der Waals surface area contributed by atoms with E-state index in [0.29, 0.717) is 6.61 Å². The Kier molecular flexibility index (Phi) is 4.66. The number of benzene rings is 1. The summed E-state index contributed by atoms with van der Waals surface area (Å²) in [6.45, 7) is 2.44. The van der Waals surface area contributed by atoms with Gasteiger partial charge in [-0.2, -0.15) is 5.26 Å². The van der Waals surface area contributed by atoms with Gasteiger partial charge in [-0.05, 0) is 38.0 Å². The zero-order chi connectivity index (χ0) is 14.8. The van der Waals surface area contributed by atoms with E-state index < -0.39 is 10.0 Å². The Balaban J connectivity index is 2.18. The van der Waals surface area contributed by atoms with Crippen molar-refractivity contribution in [3.05, 3.63) is 28.8 Å². The molecular weight excluding hydrogens is 300 g/mol. The largest absolute Gasteiger partial charge is 0.377 e. The Bertz CT molecular complexity index is 634. The molecule has 1 N–H and O–H groups in total. The number of nitrogens with zero attached hydrogens (tertiary/aromatic N) is 1. The highest BCUT2D eigenvalue weighted by atomic mass is 35.5. The molecule has 5 nitrogen and oxygen atoms in total. The van der Waals surface area contributed by atoms with Crippen LogP contribution in [0.15, 0.2) is 23.1 Å². The molecule has 0 unspecified atom stereocenters. The maximum absolute atomic E-state index is 12.2. The van der Waals surface area contributed by atoms with Gasteiger partial charge in [0.2, 0.25) is 10.0 Å². The molecule has 0 spiro atoms. The first-order valence-corrected chi connectivity index (χ1v) is 8.14. The average Bonchev–Trinajstić information content (AvgIpc) is 2.92. The molecule has 2 rings (SSSR count). The topological polar surface area (TPSA) is 79.2 Å². The zero-order valence-electron chi connectivity index (χ0n) is 11.0. The first kappa shape index (κ1) is 15.3. The molecule has 1 fully saturated rings. The van der Waals surface area contributed by atoms with Crippen LogP contribution in [0.4, 0.5) is 0 Å². The molecule has 2 atom stereocenters. The molecule has 7 heteroatoms. The summed E-state index contributed by atoms with van der Waals surface area (Å²) in [5.74, 6) is 0. The molecule has 0 aromatic heterocycles. The predicted octanol–water partition coefficient (Wildman–Crippen LogP) is 2.06. The Labute approximate surface area is 123 Å². The second kappa shape index (κ2) is 6.10. The summed E-state index contributed by atoms with van der Waals surface area (Å²) in [7, 11) is -3.67. The summed E-state index contributed by atoms with van der Waals surface area (Å²) in [5.41, 5.74) is 0.248. The van der Waals surface area contributed by atoms with E-state index in [1.165, 1.54) is 18.2 Å². The second-order valence-corrected chi connectivity index (χ2v) is 6.84. The Morgan fingerprint density at radius 1 is 1.55 bits per heavy atom. The fourth-order valence-electron chi connectivity index (χ4n) is 2.14. The van der Waals surface area contributed by atoms with Crippen LogP contribution in [0.1, 0.15) is 25.3 Å². The van der Waals surface area contributed by atoms with Gasteiger partial charge >= 0.3 is 0 Å². The summed E-state index contributed by atoms with van der Waals surface area (Å²) >= 11 is 5.86. The maximum Gasteiger partial charge on any atom is 0.240 e. The Morgan fingerprint density at radius 2 is 2.30 bits per heavy atom. The van der Waals surface area contributed by atoms with Gasteiger partial charge in [-0.3, -0.25) is 0 Å². The van der Waals surface area contributed by atoms with Crippen molar-refractivity contribution in [3.8, 4) is 6.07 Å². The molecule has 1 saturated heterocycles. The highest BCUT2D eigenvalue weighted by Gasteiger charge is 2.27. The second-order valence-electron chi connectivity index (χ2n) is 4.71. The van der Waals surface area contributed by atoms with Crippen LogP contribution in [0.2, 0.25) is 5.02 Å². The number of ether oxygens (including phenoxy) is 1. The van der Waals surface area contributed by atoms with E-state index in [-0.39, 0.29) is 27.6 Å². The van der Waals surface area contributed by atoms with Crippen LogP contribution >= 0.6 is 11.6 Å². The van der Waals surface area contributed by atoms with E-state index in [4.69, 9.17) is 21.6 Å². The van der Waals surface area contributed by atoms with Gasteiger partial charge in [0.15, 0.2) is 0 Å². The summed E-state index contributed by atoms with van der Waals surface area (Å²) in [6, 6.07) is 5.63. The molecule has 1 heterocycles. The van der Waals surface area contributed by atoms with Crippen molar-refractivity contribution in [3.63, 3.8) is 0 Å². The number of hydrogen-bond donors (Lipinski definition) is 1. The van der Waals surface area contributed by atoms with Crippen molar-refractivity contribution >= 4 is 21.6 Å². The van der Waals surface area contributed by atoms with E-state index in [2.05, 4.69) is 4.72 Å². The quantitative estimate of drug-likeness (QED) is 0.922. The van der Waals surface area contributed by atoms with E-state index in [1.807, 2.05) is 6.07 Å². The van der Waals surface area contributed by atoms with Gasteiger partial charge in [-0.15, -0.1) is 0 Å². The number of nitriles is 1. The molecule has 0 radical (unpaired) electrons. The molecular formula is C13H15ClN2O3S. The Hall–Kier alpha value is -1.13. The Morgan fingerprint density at radius 3 is 2.85 bits per heavy atom. The van der Waals surface area contributed by atoms with Gasteiger partial charge in [0.25, 0.3) is 0 Å². The summed E-state index contributed by atoms with van der Waals surface area (Å²) in [4.78, 5) is 0.0475. The van der Waals surface area contributed by atoms with Gasteiger partial charge < -0.3 is 4.74 Å². The molecule has 1 aliphatic heterocycles. The minimum Gasteiger partial charge on any atom is -0.377 e. The first-order chi connectivity index (χ1) is 9.44. The number of sulfonamides is 1. The van der Waals surface area contributed by atoms with Gasteiger partial charge in [0.05, 0.1) is 21.6 Å². The molecule has 1 aliphatic rings.